The molecule has 0 bridgehead atoms. The molecule has 0 saturated heterocycles. The average molecular weight is 247 g/mol. The van der Waals surface area contributed by atoms with Gasteiger partial charge in [-0.3, -0.25) is 0 Å². The number of aliphatic hydroxyl groups excluding tert-OH is 1. The molecule has 2 N–H and O–H groups in total. The summed E-state index contributed by atoms with van der Waals surface area (Å²) in [6.45, 7) is 0. The molecule has 0 spiro atoms. The van der Waals surface area contributed by atoms with E-state index in [2.05, 4.69) is 11.4 Å². The highest BCUT2D eigenvalue weighted by Crippen LogP contribution is 2.39. The molecule has 0 radical (unpaired) electrons. The van der Waals surface area contributed by atoms with Gasteiger partial charge < -0.3 is 15.2 Å². The molecule has 1 heterocycles. The van der Waals surface area contributed by atoms with E-state index >= 15 is 0 Å². The monoisotopic (exact) mass is 247 g/mol. The van der Waals surface area contributed by atoms with E-state index in [0.717, 1.165) is 23.4 Å². The molecule has 2 unspecified atom stereocenters. The third kappa shape index (κ3) is 1.97. The van der Waals surface area contributed by atoms with Gasteiger partial charge in [-0.2, -0.15) is 0 Å². The third-order valence-electron chi connectivity index (χ3n) is 4.39. The maximum Gasteiger partial charge on any atom is 0.142 e. The Hall–Kier alpha value is -1.22. The summed E-state index contributed by atoms with van der Waals surface area (Å²) in [4.78, 5) is 0. The Bertz CT molecular complexity index is 427. The summed E-state index contributed by atoms with van der Waals surface area (Å²) in [7, 11) is 1.70. The zero-order valence-electron chi connectivity index (χ0n) is 10.9. The van der Waals surface area contributed by atoms with E-state index in [0.29, 0.717) is 5.92 Å². The summed E-state index contributed by atoms with van der Waals surface area (Å²) < 4.78 is 5.41. The molecule has 0 aromatic heterocycles. The molecule has 1 aliphatic carbocycles. The number of ether oxygens (including phenoxy) is 1. The van der Waals surface area contributed by atoms with E-state index in [1.165, 1.54) is 25.7 Å². The van der Waals surface area contributed by atoms with Crippen molar-refractivity contribution in [2.24, 2.45) is 5.92 Å². The zero-order valence-corrected chi connectivity index (χ0v) is 10.9. The van der Waals surface area contributed by atoms with Gasteiger partial charge in [0.15, 0.2) is 0 Å². The first-order chi connectivity index (χ1) is 8.79. The Morgan fingerprint density at radius 3 is 2.78 bits per heavy atom. The lowest BCUT2D eigenvalue weighted by atomic mass is 9.86. The van der Waals surface area contributed by atoms with Gasteiger partial charge in [0.1, 0.15) is 5.75 Å². The van der Waals surface area contributed by atoms with Crippen molar-refractivity contribution in [1.82, 2.24) is 0 Å². The lowest BCUT2D eigenvalue weighted by Gasteiger charge is -2.36. The number of fused-ring (bicyclic) bond motifs is 1. The van der Waals surface area contributed by atoms with Crippen LogP contribution in [0.25, 0.3) is 0 Å². The predicted octanol–water partition coefficient (Wildman–Crippen LogP) is 2.58. The first-order valence-corrected chi connectivity index (χ1v) is 6.90. The van der Waals surface area contributed by atoms with E-state index < -0.39 is 0 Å². The van der Waals surface area contributed by atoms with E-state index in [4.69, 9.17) is 4.74 Å². The minimum absolute atomic E-state index is 0.191. The van der Waals surface area contributed by atoms with Gasteiger partial charge >= 0.3 is 0 Å². The van der Waals surface area contributed by atoms with Gasteiger partial charge in [-0.1, -0.05) is 25.0 Å². The van der Waals surface area contributed by atoms with Crippen LogP contribution in [0.5, 0.6) is 5.75 Å². The molecule has 1 aromatic rings. The van der Waals surface area contributed by atoms with Crippen molar-refractivity contribution in [3.05, 3.63) is 23.8 Å². The number of benzene rings is 1. The fourth-order valence-corrected chi connectivity index (χ4v) is 3.44. The van der Waals surface area contributed by atoms with Crippen LogP contribution in [0.4, 0.5) is 5.69 Å². The number of methoxy groups -OCH3 is 1. The number of rotatable bonds is 2. The maximum atomic E-state index is 10.3. The number of para-hydroxylation sites is 1. The molecule has 1 saturated carbocycles. The highest BCUT2D eigenvalue weighted by atomic mass is 16.5. The largest absolute Gasteiger partial charge is 0.495 e. The molecule has 1 aromatic carbocycles. The first-order valence-electron chi connectivity index (χ1n) is 6.90. The molecule has 3 heteroatoms. The molecular formula is C15H21NO2. The van der Waals surface area contributed by atoms with Crippen LogP contribution in [0.3, 0.4) is 0 Å². The molecule has 98 valence electrons. The Labute approximate surface area is 108 Å². The maximum absolute atomic E-state index is 10.3. The van der Waals surface area contributed by atoms with E-state index in [-0.39, 0.29) is 12.1 Å². The fourth-order valence-electron chi connectivity index (χ4n) is 3.44. The van der Waals surface area contributed by atoms with Crippen LogP contribution in [0.15, 0.2) is 18.2 Å². The highest BCUT2D eigenvalue weighted by Gasteiger charge is 2.35. The highest BCUT2D eigenvalue weighted by molar-refractivity contribution is 5.64. The Balaban J connectivity index is 1.89. The van der Waals surface area contributed by atoms with E-state index in [1.807, 2.05) is 12.1 Å². The molecule has 2 aliphatic rings. The van der Waals surface area contributed by atoms with Gasteiger partial charge in [-0.25, -0.2) is 0 Å². The summed E-state index contributed by atoms with van der Waals surface area (Å²) in [5.74, 6) is 1.50. The molecule has 3 rings (SSSR count). The number of hydrogen-bond donors (Lipinski definition) is 2. The van der Waals surface area contributed by atoms with Crippen LogP contribution in [0.2, 0.25) is 0 Å². The second-order valence-electron chi connectivity index (χ2n) is 5.48. The first kappa shape index (κ1) is 11.8. The van der Waals surface area contributed by atoms with Gasteiger partial charge in [0.2, 0.25) is 0 Å². The fraction of sp³-hybridized carbons (Fsp3) is 0.600. The molecular weight excluding hydrogens is 226 g/mol. The second-order valence-corrected chi connectivity index (χ2v) is 5.48. The Morgan fingerprint density at radius 2 is 2.06 bits per heavy atom. The van der Waals surface area contributed by atoms with Crippen LogP contribution < -0.4 is 10.1 Å². The lowest BCUT2D eigenvalue weighted by molar-refractivity contribution is 0.122. The van der Waals surface area contributed by atoms with Crippen molar-refractivity contribution in [3.8, 4) is 5.75 Å². The Morgan fingerprint density at radius 1 is 1.28 bits per heavy atom. The number of nitrogens with one attached hydrogen (secondary N) is 1. The molecule has 1 fully saturated rings. The molecule has 18 heavy (non-hydrogen) atoms. The minimum atomic E-state index is -0.271. The molecule has 0 amide bonds. The van der Waals surface area contributed by atoms with Crippen molar-refractivity contribution in [2.75, 3.05) is 12.4 Å². The van der Waals surface area contributed by atoms with Crippen LogP contribution >= 0.6 is 0 Å². The van der Waals surface area contributed by atoms with Crippen LogP contribution in [-0.4, -0.2) is 24.4 Å². The topological polar surface area (TPSA) is 41.5 Å². The normalized spacial score (nSPS) is 27.7. The minimum Gasteiger partial charge on any atom is -0.495 e. The van der Waals surface area contributed by atoms with Crippen LogP contribution in [-0.2, 0) is 6.42 Å². The third-order valence-corrected chi connectivity index (χ3v) is 4.39. The summed E-state index contributed by atoms with van der Waals surface area (Å²) in [6.07, 6.45) is 5.54. The van der Waals surface area contributed by atoms with Gasteiger partial charge in [0, 0.05) is 6.42 Å². The Kier molecular flexibility index (Phi) is 3.16. The average Bonchev–Trinajstić information content (AvgIpc) is 2.90. The van der Waals surface area contributed by atoms with E-state index in [1.54, 1.807) is 7.11 Å². The number of anilines is 1. The summed E-state index contributed by atoms with van der Waals surface area (Å²) in [5, 5.41) is 13.9. The number of aliphatic hydroxyl groups is 1. The number of hydrogen-bond acceptors (Lipinski definition) is 3. The lowest BCUT2D eigenvalue weighted by Crippen LogP contribution is -2.43. The van der Waals surface area contributed by atoms with Gasteiger partial charge in [0.25, 0.3) is 0 Å². The smallest absolute Gasteiger partial charge is 0.142 e. The predicted molar refractivity (Wildman–Crippen MR) is 72.1 cm³/mol. The standard InChI is InChI=1S/C15H21NO2/c1-18-13-8-4-7-11-9-12(17)14(16-15(11)13)10-5-2-3-6-10/h4,7-8,10,12,14,16-17H,2-3,5-6,9H2,1H3. The summed E-state index contributed by atoms with van der Waals surface area (Å²) in [5.41, 5.74) is 2.25. The second kappa shape index (κ2) is 4.81. The SMILES string of the molecule is COc1cccc2c1NC(C1CCCC1)C(O)C2. The zero-order chi connectivity index (χ0) is 12.5. The quantitative estimate of drug-likeness (QED) is 0.844. The van der Waals surface area contributed by atoms with Crippen molar-refractivity contribution < 1.29 is 9.84 Å². The van der Waals surface area contributed by atoms with Crippen molar-refractivity contribution in [2.45, 2.75) is 44.2 Å². The summed E-state index contributed by atoms with van der Waals surface area (Å²) in [6, 6.07) is 6.23. The van der Waals surface area contributed by atoms with Gasteiger partial charge in [0.05, 0.1) is 24.9 Å². The van der Waals surface area contributed by atoms with Crippen LogP contribution in [0, 0.1) is 5.92 Å². The van der Waals surface area contributed by atoms with Crippen molar-refractivity contribution in [1.29, 1.82) is 0 Å². The van der Waals surface area contributed by atoms with Crippen molar-refractivity contribution in [3.63, 3.8) is 0 Å². The van der Waals surface area contributed by atoms with Crippen molar-refractivity contribution >= 4 is 5.69 Å². The molecule has 2 atom stereocenters. The van der Waals surface area contributed by atoms with Gasteiger partial charge in [-0.15, -0.1) is 0 Å². The molecule has 3 nitrogen and oxygen atoms in total. The van der Waals surface area contributed by atoms with Crippen LogP contribution in [0.1, 0.15) is 31.2 Å². The summed E-state index contributed by atoms with van der Waals surface area (Å²) >= 11 is 0. The molecule has 1 aliphatic heterocycles. The van der Waals surface area contributed by atoms with E-state index in [9.17, 15) is 5.11 Å². The van der Waals surface area contributed by atoms with Gasteiger partial charge in [-0.05, 0) is 30.4 Å².